The van der Waals surface area contributed by atoms with E-state index in [1.807, 2.05) is 6.07 Å². The number of anilines is 2. The van der Waals surface area contributed by atoms with Gasteiger partial charge in [0.15, 0.2) is 5.82 Å². The first-order valence-electron chi connectivity index (χ1n) is 13.2. The van der Waals surface area contributed by atoms with Gasteiger partial charge in [0.2, 0.25) is 5.91 Å². The maximum atomic E-state index is 11.9. The zero-order chi connectivity index (χ0) is 28.7. The first-order chi connectivity index (χ1) is 19.8. The van der Waals surface area contributed by atoms with E-state index in [1.165, 1.54) is 20.3 Å². The number of aromatic nitrogens is 3. The van der Waals surface area contributed by atoms with Gasteiger partial charge in [-0.2, -0.15) is 0 Å². The molecule has 3 fully saturated rings. The van der Waals surface area contributed by atoms with Crippen molar-refractivity contribution in [2.24, 2.45) is 5.41 Å². The Bertz CT molecular complexity index is 1480. The van der Waals surface area contributed by atoms with Gasteiger partial charge in [-0.25, -0.2) is 15.0 Å². The van der Waals surface area contributed by atoms with E-state index in [1.54, 1.807) is 12.3 Å². The number of fused-ring (bicyclic) bond motifs is 1. The summed E-state index contributed by atoms with van der Waals surface area (Å²) in [6, 6.07) is 3.16. The number of methoxy groups -OCH3 is 2. The van der Waals surface area contributed by atoms with Crippen molar-refractivity contribution in [1.82, 2.24) is 20.3 Å². The molecular formula is C28H30Cl2N6O5. The molecule has 2 atom stereocenters. The van der Waals surface area contributed by atoms with Gasteiger partial charge in [-0.05, 0) is 18.6 Å². The predicted molar refractivity (Wildman–Crippen MR) is 156 cm³/mol. The summed E-state index contributed by atoms with van der Waals surface area (Å²) in [5.74, 6) is 2.23. The Kier molecular flexibility index (Phi) is 7.54. The highest BCUT2D eigenvalue weighted by Gasteiger charge is 2.47. The van der Waals surface area contributed by atoms with Crippen molar-refractivity contribution in [3.8, 4) is 22.9 Å². The second-order valence-electron chi connectivity index (χ2n) is 10.5. The smallest absolute Gasteiger partial charge is 0.243 e. The third-order valence-corrected chi connectivity index (χ3v) is 8.57. The van der Waals surface area contributed by atoms with Gasteiger partial charge in [0.05, 0.1) is 73.4 Å². The SMILES string of the molecule is C=CC(=O)N[C@H]1COC[C@H]1Nc1cc2c(N3CC4(CCOC4)C3)nc(-c3c(Cl)c(OC)cc(OC)c3Cl)nc2cn1. The fourth-order valence-electron chi connectivity index (χ4n) is 5.61. The minimum absolute atomic E-state index is 0.123. The normalized spacial score (nSPS) is 21.1. The quantitative estimate of drug-likeness (QED) is 0.370. The average molecular weight is 601 g/mol. The van der Waals surface area contributed by atoms with E-state index >= 15 is 0 Å². The Balaban J connectivity index is 1.41. The summed E-state index contributed by atoms with van der Waals surface area (Å²) in [6.07, 6.45) is 3.95. The Morgan fingerprint density at radius 3 is 2.51 bits per heavy atom. The van der Waals surface area contributed by atoms with Gasteiger partial charge in [0.1, 0.15) is 23.1 Å². The van der Waals surface area contributed by atoms with Gasteiger partial charge >= 0.3 is 0 Å². The molecule has 0 bridgehead atoms. The number of amides is 1. The van der Waals surface area contributed by atoms with E-state index in [0.717, 1.165) is 43.9 Å². The molecule has 3 aliphatic heterocycles. The lowest BCUT2D eigenvalue weighted by Crippen LogP contribution is -2.57. The van der Waals surface area contributed by atoms with Crippen LogP contribution in [0.4, 0.5) is 11.6 Å². The zero-order valence-corrected chi connectivity index (χ0v) is 24.2. The molecule has 0 saturated carbocycles. The van der Waals surface area contributed by atoms with Crippen molar-refractivity contribution in [1.29, 1.82) is 0 Å². The number of hydrogen-bond donors (Lipinski definition) is 2. The van der Waals surface area contributed by atoms with Crippen LogP contribution in [0.15, 0.2) is 31.0 Å². The molecular weight excluding hydrogens is 571 g/mol. The lowest BCUT2D eigenvalue weighted by molar-refractivity contribution is -0.117. The molecule has 3 saturated heterocycles. The summed E-state index contributed by atoms with van der Waals surface area (Å²) < 4.78 is 22.3. The summed E-state index contributed by atoms with van der Waals surface area (Å²) in [5.41, 5.74) is 1.16. The summed E-state index contributed by atoms with van der Waals surface area (Å²) in [7, 11) is 3.05. The van der Waals surface area contributed by atoms with Gasteiger partial charge in [-0.15, -0.1) is 0 Å². The molecule has 3 aliphatic rings. The molecule has 0 radical (unpaired) electrons. The molecule has 216 valence electrons. The maximum absolute atomic E-state index is 11.9. The Morgan fingerprint density at radius 1 is 1.12 bits per heavy atom. The number of pyridine rings is 1. The molecule has 1 aromatic carbocycles. The molecule has 2 N–H and O–H groups in total. The standard InChI is InChI=1S/C28H30Cl2N6O5/c1-4-22(37)33-18-11-41-10-17(18)32-21-7-15-16(9-31-21)34-26(23-24(29)19(38-2)8-20(39-3)25(23)30)35-27(15)36-12-28(13-36)5-6-40-14-28/h4,7-9,17-18H,1,5-6,10-14H2,2-3H3,(H,31,32)(H,33,37)/t17-,18+/m1/s1. The number of carbonyl (C=O) groups is 1. The molecule has 41 heavy (non-hydrogen) atoms. The highest BCUT2D eigenvalue weighted by Crippen LogP contribution is 2.47. The maximum Gasteiger partial charge on any atom is 0.243 e. The van der Waals surface area contributed by atoms with Crippen LogP contribution in [-0.4, -0.2) is 86.7 Å². The second-order valence-corrected chi connectivity index (χ2v) is 11.3. The van der Waals surface area contributed by atoms with Crippen LogP contribution in [0, 0.1) is 5.41 Å². The van der Waals surface area contributed by atoms with Crippen molar-refractivity contribution in [3.63, 3.8) is 0 Å². The van der Waals surface area contributed by atoms with Crippen molar-refractivity contribution in [3.05, 3.63) is 41.0 Å². The number of rotatable bonds is 8. The lowest BCUT2D eigenvalue weighted by atomic mass is 9.79. The number of halogens is 2. The van der Waals surface area contributed by atoms with Crippen LogP contribution >= 0.6 is 23.2 Å². The third-order valence-electron chi connectivity index (χ3n) is 7.82. The Hall–Kier alpha value is -3.38. The van der Waals surface area contributed by atoms with Crippen LogP contribution < -0.4 is 25.0 Å². The number of ether oxygens (including phenoxy) is 4. The van der Waals surface area contributed by atoms with E-state index in [4.69, 9.17) is 52.1 Å². The zero-order valence-electron chi connectivity index (χ0n) is 22.7. The van der Waals surface area contributed by atoms with E-state index in [9.17, 15) is 4.79 Å². The molecule has 5 heterocycles. The Labute approximate surface area is 247 Å². The van der Waals surface area contributed by atoms with Crippen LogP contribution in [0.5, 0.6) is 11.5 Å². The number of carbonyl (C=O) groups excluding carboxylic acids is 1. The van der Waals surface area contributed by atoms with Crippen LogP contribution in [0.1, 0.15) is 6.42 Å². The number of benzene rings is 1. The molecule has 6 rings (SSSR count). The minimum Gasteiger partial charge on any atom is -0.495 e. The third kappa shape index (κ3) is 5.12. The summed E-state index contributed by atoms with van der Waals surface area (Å²) in [5, 5.41) is 7.69. The van der Waals surface area contributed by atoms with E-state index < -0.39 is 0 Å². The molecule has 0 aliphatic carbocycles. The van der Waals surface area contributed by atoms with Gasteiger partial charge in [0.25, 0.3) is 0 Å². The monoisotopic (exact) mass is 600 g/mol. The van der Waals surface area contributed by atoms with Crippen molar-refractivity contribution >= 4 is 51.6 Å². The molecule has 11 nitrogen and oxygen atoms in total. The largest absolute Gasteiger partial charge is 0.495 e. The average Bonchev–Trinajstić information content (AvgIpc) is 3.62. The van der Waals surface area contributed by atoms with Crippen molar-refractivity contribution in [2.45, 2.75) is 18.5 Å². The van der Waals surface area contributed by atoms with Crippen molar-refractivity contribution in [2.75, 3.05) is 64.0 Å². The summed E-state index contributed by atoms with van der Waals surface area (Å²) in [4.78, 5) is 28.6. The van der Waals surface area contributed by atoms with Gasteiger partial charge in [-0.3, -0.25) is 4.79 Å². The van der Waals surface area contributed by atoms with E-state index in [2.05, 4.69) is 27.1 Å². The minimum atomic E-state index is -0.254. The molecule has 1 amide bonds. The highest BCUT2D eigenvalue weighted by molar-refractivity contribution is 6.41. The lowest BCUT2D eigenvalue weighted by Gasteiger charge is -2.48. The Morgan fingerprint density at radius 2 is 1.85 bits per heavy atom. The van der Waals surface area contributed by atoms with Gasteiger partial charge < -0.3 is 34.5 Å². The predicted octanol–water partition coefficient (Wildman–Crippen LogP) is 3.72. The van der Waals surface area contributed by atoms with Crippen LogP contribution in [0.2, 0.25) is 10.0 Å². The highest BCUT2D eigenvalue weighted by atomic mass is 35.5. The number of nitrogens with one attached hydrogen (secondary N) is 2. The van der Waals surface area contributed by atoms with E-state index in [-0.39, 0.29) is 33.5 Å². The fraction of sp³-hybridized carbons (Fsp3) is 0.429. The molecule has 0 unspecified atom stereocenters. The number of nitrogens with zero attached hydrogens (tertiary/aromatic N) is 4. The van der Waals surface area contributed by atoms with Gasteiger partial charge in [-0.1, -0.05) is 29.8 Å². The molecule has 13 heteroatoms. The number of hydrogen-bond acceptors (Lipinski definition) is 10. The van der Waals surface area contributed by atoms with Crippen LogP contribution in [0.3, 0.4) is 0 Å². The van der Waals surface area contributed by atoms with Gasteiger partial charge in [0, 0.05) is 36.6 Å². The molecule has 2 aromatic heterocycles. The fourth-order valence-corrected chi connectivity index (χ4v) is 6.28. The summed E-state index contributed by atoms with van der Waals surface area (Å²) in [6.45, 7) is 7.46. The van der Waals surface area contributed by atoms with Crippen molar-refractivity contribution < 1.29 is 23.7 Å². The first-order valence-corrected chi connectivity index (χ1v) is 14.0. The second kappa shape index (κ2) is 11.1. The molecule has 3 aromatic rings. The van der Waals surface area contributed by atoms with Crippen LogP contribution in [0.25, 0.3) is 22.3 Å². The van der Waals surface area contributed by atoms with Crippen LogP contribution in [-0.2, 0) is 14.3 Å². The summed E-state index contributed by atoms with van der Waals surface area (Å²) >= 11 is 13.5. The molecule has 1 spiro atoms. The van der Waals surface area contributed by atoms with E-state index in [0.29, 0.717) is 47.4 Å². The topological polar surface area (TPSA) is 120 Å². The first kappa shape index (κ1) is 27.8.